The van der Waals surface area contributed by atoms with Gasteiger partial charge in [0.2, 0.25) is 17.7 Å². The second kappa shape index (κ2) is 24.4. The summed E-state index contributed by atoms with van der Waals surface area (Å²) in [5.74, 6) is -1.46. The summed E-state index contributed by atoms with van der Waals surface area (Å²) in [4.78, 5) is 90.0. The van der Waals surface area contributed by atoms with E-state index in [0.29, 0.717) is 40.8 Å². The maximum atomic E-state index is 15.1. The van der Waals surface area contributed by atoms with Crippen molar-refractivity contribution < 1.29 is 43.0 Å². The van der Waals surface area contributed by atoms with Crippen molar-refractivity contribution in [1.82, 2.24) is 41.0 Å². The first-order chi connectivity index (χ1) is 32.9. The molecule has 17 nitrogen and oxygen atoms in total. The molecule has 5 N–H and O–H groups in total. The number of nitrogens with zero attached hydrogens (tertiary/aromatic N) is 3. The maximum absolute atomic E-state index is 15.1. The van der Waals surface area contributed by atoms with E-state index in [9.17, 15) is 24.0 Å². The smallest absolute Gasteiger partial charge is 0.419 e. The number of benzene rings is 2. The van der Waals surface area contributed by atoms with E-state index in [1.54, 1.807) is 86.8 Å². The molecular formula is C51H69BrN8O9S. The van der Waals surface area contributed by atoms with Crippen LogP contribution in [0.25, 0.3) is 10.9 Å². The molecule has 3 heterocycles. The normalized spacial score (nSPS) is 17.6. The standard InChI is InChI=1S/C51H69BrN8O9S/c1-49(2,3)67-46(64)54-25-14-13-21-38-45(63)59(10)40(28-33-31-60(48(66)69-51(7,8)9)39-23-12-11-19-34(33)39)43(62)57-30-35-36(52)20-15-24-41(35)70-44-32(18-16-26-53-44)29-56-37(42(61)58-38)22-17-27-55-47(65)68-50(4,5)6/h11-12,15-16,18-20,23-24,26,31,37-38,40,56H,13-14,17,21-22,25,27-30H2,1-10H3,(H,54,64)(H,55,65)(H,57,62)(H,58,61)/t37-,38-,40-/m0/s1. The number of unbranched alkanes of at least 4 members (excludes halogenated alkanes) is 1. The summed E-state index contributed by atoms with van der Waals surface area (Å²) in [5, 5.41) is 16.4. The van der Waals surface area contributed by atoms with Crippen molar-refractivity contribution in [3.63, 3.8) is 0 Å². The van der Waals surface area contributed by atoms with Gasteiger partial charge in [-0.3, -0.25) is 19.0 Å². The third-order valence-corrected chi connectivity index (χ3v) is 12.8. The lowest BCUT2D eigenvalue weighted by Crippen LogP contribution is -2.57. The largest absolute Gasteiger partial charge is 0.444 e. The Bertz CT molecular complexity index is 2500. The predicted molar refractivity (Wildman–Crippen MR) is 272 cm³/mol. The number of carbonyl (C=O) groups is 6. The Balaban J connectivity index is 1.55. The van der Waals surface area contributed by atoms with Gasteiger partial charge in [0.05, 0.1) is 11.6 Å². The molecular weight excluding hydrogens is 981 g/mol. The highest BCUT2D eigenvalue weighted by atomic mass is 79.9. The molecule has 0 unspecified atom stereocenters. The van der Waals surface area contributed by atoms with Crippen molar-refractivity contribution in [2.24, 2.45) is 0 Å². The zero-order chi connectivity index (χ0) is 51.4. The average molecular weight is 1050 g/mol. The van der Waals surface area contributed by atoms with E-state index in [-0.39, 0.29) is 45.4 Å². The SMILES string of the molecule is CN1C(=O)[C@H](CCCCNC(=O)OC(C)(C)C)NC(=O)[C@H](CCCNC(=O)OC(C)(C)C)NCc2cccnc2Sc2cccc(Br)c2CNC(=O)[C@@H]1Cc1cn(C(=O)OC(C)(C)C)c2ccccc12. The van der Waals surface area contributed by atoms with Crippen LogP contribution in [0.4, 0.5) is 14.4 Å². The molecule has 2 aromatic heterocycles. The second-order valence-electron chi connectivity index (χ2n) is 20.2. The molecule has 0 saturated heterocycles. The molecule has 0 bridgehead atoms. The van der Waals surface area contributed by atoms with Crippen molar-refractivity contribution in [2.45, 2.75) is 159 Å². The number of hydrogen-bond donors (Lipinski definition) is 5. The molecule has 70 heavy (non-hydrogen) atoms. The molecule has 1 aliphatic heterocycles. The van der Waals surface area contributed by atoms with Crippen LogP contribution in [0.3, 0.4) is 0 Å². The summed E-state index contributed by atoms with van der Waals surface area (Å²) in [6, 6.07) is 13.7. The van der Waals surface area contributed by atoms with Gasteiger partial charge in [-0.05, 0) is 135 Å². The molecule has 2 aromatic carbocycles. The van der Waals surface area contributed by atoms with Crippen LogP contribution in [0.1, 0.15) is 111 Å². The van der Waals surface area contributed by atoms with Crippen LogP contribution in [0, 0.1) is 0 Å². The Morgan fingerprint density at radius 3 is 2.09 bits per heavy atom. The number of fused-ring (bicyclic) bond motifs is 3. The van der Waals surface area contributed by atoms with Gasteiger partial charge < -0.3 is 45.7 Å². The molecule has 0 saturated carbocycles. The van der Waals surface area contributed by atoms with Crippen molar-refractivity contribution >= 4 is 74.6 Å². The number of alkyl carbamates (subject to hydrolysis) is 2. The Morgan fingerprint density at radius 2 is 1.41 bits per heavy atom. The molecule has 0 aliphatic carbocycles. The minimum atomic E-state index is -1.14. The fraction of sp³-hybridized carbons (Fsp3) is 0.510. The molecule has 3 atom stereocenters. The van der Waals surface area contributed by atoms with E-state index in [2.05, 4.69) is 42.5 Å². The number of carbonyl (C=O) groups excluding carboxylic acids is 6. The molecule has 0 radical (unpaired) electrons. The number of hydrogen-bond acceptors (Lipinski definition) is 12. The molecule has 380 valence electrons. The number of pyridine rings is 1. The summed E-state index contributed by atoms with van der Waals surface area (Å²) >= 11 is 5.13. The van der Waals surface area contributed by atoms with Crippen LogP contribution in [-0.4, -0.2) is 106 Å². The number of aromatic nitrogens is 2. The van der Waals surface area contributed by atoms with Gasteiger partial charge in [-0.15, -0.1) is 0 Å². The molecule has 1 aliphatic rings. The van der Waals surface area contributed by atoms with E-state index in [1.807, 2.05) is 42.5 Å². The van der Waals surface area contributed by atoms with E-state index in [4.69, 9.17) is 19.2 Å². The van der Waals surface area contributed by atoms with Crippen molar-refractivity contribution in [3.05, 3.63) is 88.2 Å². The summed E-state index contributed by atoms with van der Waals surface area (Å²) in [6.45, 7) is 16.8. The van der Waals surface area contributed by atoms with Gasteiger partial charge in [0.1, 0.15) is 33.9 Å². The van der Waals surface area contributed by atoms with E-state index in [1.165, 1.54) is 28.3 Å². The van der Waals surface area contributed by atoms with Crippen molar-refractivity contribution in [3.8, 4) is 0 Å². The fourth-order valence-electron chi connectivity index (χ4n) is 7.62. The second-order valence-corrected chi connectivity index (χ2v) is 22.1. The zero-order valence-corrected chi connectivity index (χ0v) is 44.4. The van der Waals surface area contributed by atoms with Gasteiger partial charge in [-0.2, -0.15) is 0 Å². The number of para-hydroxylation sites is 1. The first-order valence-corrected chi connectivity index (χ1v) is 25.2. The van der Waals surface area contributed by atoms with Crippen LogP contribution < -0.4 is 26.6 Å². The third-order valence-electron chi connectivity index (χ3n) is 10.9. The van der Waals surface area contributed by atoms with Crippen LogP contribution >= 0.6 is 27.7 Å². The quantitative estimate of drug-likeness (QED) is 0.0709. The van der Waals surface area contributed by atoms with Crippen molar-refractivity contribution in [2.75, 3.05) is 20.1 Å². The monoisotopic (exact) mass is 1050 g/mol. The van der Waals surface area contributed by atoms with Gasteiger partial charge in [0, 0.05) is 66.8 Å². The van der Waals surface area contributed by atoms with E-state index >= 15 is 4.79 Å². The van der Waals surface area contributed by atoms with Gasteiger partial charge in [-0.25, -0.2) is 19.4 Å². The predicted octanol–water partition coefficient (Wildman–Crippen LogP) is 8.38. The number of nitrogens with one attached hydrogen (secondary N) is 5. The molecule has 19 heteroatoms. The van der Waals surface area contributed by atoms with Gasteiger partial charge >= 0.3 is 18.3 Å². The zero-order valence-electron chi connectivity index (χ0n) is 42.0. The first-order valence-electron chi connectivity index (χ1n) is 23.6. The van der Waals surface area contributed by atoms with Crippen LogP contribution in [0.2, 0.25) is 0 Å². The Labute approximate surface area is 423 Å². The lowest BCUT2D eigenvalue weighted by Gasteiger charge is -2.32. The number of ether oxygens (including phenoxy) is 3. The number of halogens is 1. The fourth-order valence-corrected chi connectivity index (χ4v) is 9.30. The highest BCUT2D eigenvalue weighted by Crippen LogP contribution is 2.35. The highest BCUT2D eigenvalue weighted by Gasteiger charge is 2.35. The van der Waals surface area contributed by atoms with Crippen LogP contribution in [0.5, 0.6) is 0 Å². The minimum Gasteiger partial charge on any atom is -0.444 e. The molecule has 5 amide bonds. The number of amides is 5. The average Bonchev–Trinajstić information content (AvgIpc) is 3.63. The topological polar surface area (TPSA) is 211 Å². The first kappa shape index (κ1) is 55.3. The summed E-state index contributed by atoms with van der Waals surface area (Å²) in [5.41, 5.74) is 0.623. The van der Waals surface area contributed by atoms with E-state index in [0.717, 1.165) is 20.5 Å². The van der Waals surface area contributed by atoms with Gasteiger partial charge in [0.25, 0.3) is 0 Å². The summed E-state index contributed by atoms with van der Waals surface area (Å²) < 4.78 is 18.7. The third kappa shape index (κ3) is 16.7. The number of rotatable bonds is 11. The molecule has 0 spiro atoms. The summed E-state index contributed by atoms with van der Waals surface area (Å²) in [6.07, 6.45) is 3.25. The molecule has 5 rings (SSSR count). The maximum Gasteiger partial charge on any atom is 0.419 e. The summed E-state index contributed by atoms with van der Waals surface area (Å²) in [7, 11) is 1.54. The van der Waals surface area contributed by atoms with Crippen molar-refractivity contribution in [1.29, 1.82) is 0 Å². The Hall–Kier alpha value is -5.66. The van der Waals surface area contributed by atoms with Gasteiger partial charge in [0.15, 0.2) is 0 Å². The Morgan fingerprint density at radius 1 is 0.771 bits per heavy atom. The highest BCUT2D eigenvalue weighted by molar-refractivity contribution is 9.10. The van der Waals surface area contributed by atoms with Crippen LogP contribution in [0.15, 0.2) is 81.4 Å². The van der Waals surface area contributed by atoms with E-state index < -0.39 is 70.9 Å². The van der Waals surface area contributed by atoms with Gasteiger partial charge in [-0.1, -0.05) is 58.0 Å². The Kier molecular flexibility index (Phi) is 19.3. The number of likely N-dealkylation sites (N-methyl/N-ethyl adjacent to an activating group) is 1. The van der Waals surface area contributed by atoms with Crippen LogP contribution in [-0.2, 0) is 48.1 Å². The minimum absolute atomic E-state index is 0.00541. The molecule has 4 aromatic rings. The molecule has 0 fully saturated rings. The lowest BCUT2D eigenvalue weighted by molar-refractivity contribution is -0.142. The lowest BCUT2D eigenvalue weighted by atomic mass is 10.0.